The lowest BCUT2D eigenvalue weighted by Crippen LogP contribution is -2.29. The molecule has 1 fully saturated rings. The molecule has 1 aliphatic rings. The molecule has 1 aromatic heterocycles. The monoisotopic (exact) mass is 404 g/mol. The van der Waals surface area contributed by atoms with E-state index < -0.39 is 0 Å². The smallest absolute Gasteiger partial charge is 0.254 e. The highest BCUT2D eigenvalue weighted by Gasteiger charge is 2.17. The number of amides is 1. The normalized spacial score (nSPS) is 14.6. The number of benzene rings is 2. The van der Waals surface area contributed by atoms with E-state index in [9.17, 15) is 4.79 Å². The van der Waals surface area contributed by atoms with Gasteiger partial charge in [-0.1, -0.05) is 47.5 Å². The topological polar surface area (TPSA) is 62.5 Å². The highest BCUT2D eigenvalue weighted by atomic mass is 16.5. The van der Waals surface area contributed by atoms with E-state index in [1.165, 1.54) is 24.8 Å². The molecule has 1 aliphatic heterocycles. The van der Waals surface area contributed by atoms with Gasteiger partial charge in [-0.05, 0) is 56.6 Å². The van der Waals surface area contributed by atoms with Crippen LogP contribution in [0.2, 0.25) is 0 Å². The second-order valence-corrected chi connectivity index (χ2v) is 8.08. The number of hydrogen-bond acceptors (Lipinski definition) is 5. The third-order valence-electron chi connectivity index (χ3n) is 5.52. The molecule has 0 N–H and O–H groups in total. The molecule has 1 amide bonds. The third-order valence-corrected chi connectivity index (χ3v) is 5.52. The number of aromatic nitrogens is 2. The van der Waals surface area contributed by atoms with E-state index >= 15 is 0 Å². The van der Waals surface area contributed by atoms with Crippen LogP contribution in [-0.4, -0.2) is 46.0 Å². The molecule has 4 rings (SSSR count). The Morgan fingerprint density at radius 2 is 1.87 bits per heavy atom. The Labute approximate surface area is 177 Å². The van der Waals surface area contributed by atoms with Gasteiger partial charge in [0.25, 0.3) is 5.91 Å². The number of hydrogen-bond donors (Lipinski definition) is 0. The zero-order chi connectivity index (χ0) is 20.9. The van der Waals surface area contributed by atoms with Crippen LogP contribution >= 0.6 is 0 Å². The first kappa shape index (κ1) is 20.3. The zero-order valence-electron chi connectivity index (χ0n) is 17.7. The summed E-state index contributed by atoms with van der Waals surface area (Å²) >= 11 is 0. The van der Waals surface area contributed by atoms with Gasteiger partial charge in [0.05, 0.1) is 6.54 Å². The summed E-state index contributed by atoms with van der Waals surface area (Å²) in [5, 5.41) is 4.05. The molecule has 6 nitrogen and oxygen atoms in total. The quantitative estimate of drug-likeness (QED) is 0.613. The predicted molar refractivity (Wildman–Crippen MR) is 116 cm³/mol. The minimum atomic E-state index is -0.0603. The van der Waals surface area contributed by atoms with E-state index in [-0.39, 0.29) is 12.5 Å². The van der Waals surface area contributed by atoms with Crippen LogP contribution in [0.4, 0.5) is 0 Å². The molecule has 156 valence electrons. The summed E-state index contributed by atoms with van der Waals surface area (Å²) in [4.78, 5) is 21.3. The maximum absolute atomic E-state index is 12.8. The molecule has 0 unspecified atom stereocenters. The fourth-order valence-electron chi connectivity index (χ4n) is 3.84. The summed E-state index contributed by atoms with van der Waals surface area (Å²) < 4.78 is 5.36. The second-order valence-electron chi connectivity index (χ2n) is 8.08. The Morgan fingerprint density at radius 1 is 1.10 bits per heavy atom. The Bertz CT molecular complexity index is 990. The minimum Gasteiger partial charge on any atom is -0.337 e. The molecule has 2 heterocycles. The summed E-state index contributed by atoms with van der Waals surface area (Å²) in [6.45, 7) is 5.58. The first-order valence-electron chi connectivity index (χ1n) is 10.5. The SMILES string of the molecule is Cc1cccc(-c2noc(CN(C)C(=O)c3ccc(CN4CCCCC4)cc3)n2)c1. The van der Waals surface area contributed by atoms with Gasteiger partial charge in [0.1, 0.15) is 0 Å². The molecular weight excluding hydrogens is 376 g/mol. The van der Waals surface area contributed by atoms with E-state index in [4.69, 9.17) is 4.52 Å². The number of carbonyl (C=O) groups excluding carboxylic acids is 1. The van der Waals surface area contributed by atoms with Gasteiger partial charge in [-0.15, -0.1) is 0 Å². The van der Waals surface area contributed by atoms with Gasteiger partial charge < -0.3 is 9.42 Å². The fourth-order valence-corrected chi connectivity index (χ4v) is 3.84. The van der Waals surface area contributed by atoms with Crippen LogP contribution in [0.5, 0.6) is 0 Å². The molecule has 0 spiro atoms. The van der Waals surface area contributed by atoms with Crippen molar-refractivity contribution in [2.45, 2.75) is 39.3 Å². The van der Waals surface area contributed by atoms with Gasteiger partial charge in [0.15, 0.2) is 0 Å². The van der Waals surface area contributed by atoms with Gasteiger partial charge in [-0.2, -0.15) is 4.98 Å². The van der Waals surface area contributed by atoms with Gasteiger partial charge in [0, 0.05) is 24.7 Å². The molecule has 0 saturated carbocycles. The first-order valence-corrected chi connectivity index (χ1v) is 10.5. The zero-order valence-corrected chi connectivity index (χ0v) is 17.7. The highest BCUT2D eigenvalue weighted by Crippen LogP contribution is 2.18. The van der Waals surface area contributed by atoms with Crippen LogP contribution in [0.3, 0.4) is 0 Å². The van der Waals surface area contributed by atoms with E-state index in [0.717, 1.165) is 30.8 Å². The molecule has 0 radical (unpaired) electrons. The summed E-state index contributed by atoms with van der Waals surface area (Å²) in [5.74, 6) is 0.899. The molecule has 30 heavy (non-hydrogen) atoms. The number of rotatable bonds is 6. The molecule has 0 atom stereocenters. The average Bonchev–Trinajstić information content (AvgIpc) is 3.23. The van der Waals surface area contributed by atoms with E-state index in [2.05, 4.69) is 27.2 Å². The van der Waals surface area contributed by atoms with Gasteiger partial charge >= 0.3 is 0 Å². The van der Waals surface area contributed by atoms with E-state index in [1.54, 1.807) is 11.9 Å². The summed E-state index contributed by atoms with van der Waals surface area (Å²) in [6, 6.07) is 15.9. The van der Waals surface area contributed by atoms with Crippen molar-refractivity contribution in [3.8, 4) is 11.4 Å². The van der Waals surface area contributed by atoms with Crippen LogP contribution in [0.25, 0.3) is 11.4 Å². The van der Waals surface area contributed by atoms with Crippen LogP contribution in [0, 0.1) is 6.92 Å². The van der Waals surface area contributed by atoms with Crippen molar-refractivity contribution < 1.29 is 9.32 Å². The van der Waals surface area contributed by atoms with Crippen LogP contribution in [-0.2, 0) is 13.1 Å². The van der Waals surface area contributed by atoms with Crippen molar-refractivity contribution in [2.75, 3.05) is 20.1 Å². The van der Waals surface area contributed by atoms with Crippen LogP contribution in [0.1, 0.15) is 46.6 Å². The maximum atomic E-state index is 12.8. The third kappa shape index (κ3) is 4.94. The van der Waals surface area contributed by atoms with Gasteiger partial charge in [0.2, 0.25) is 11.7 Å². The van der Waals surface area contributed by atoms with Crippen molar-refractivity contribution in [1.29, 1.82) is 0 Å². The molecular formula is C24H28N4O2. The number of likely N-dealkylation sites (tertiary alicyclic amines) is 1. The molecule has 3 aromatic rings. The van der Waals surface area contributed by atoms with Crippen LogP contribution < -0.4 is 0 Å². The summed E-state index contributed by atoms with van der Waals surface area (Å²) in [6.07, 6.45) is 3.90. The lowest BCUT2D eigenvalue weighted by atomic mass is 10.1. The van der Waals surface area contributed by atoms with Gasteiger partial charge in [-0.3, -0.25) is 9.69 Å². The molecule has 0 aliphatic carbocycles. The Morgan fingerprint density at radius 3 is 2.60 bits per heavy atom. The van der Waals surface area contributed by atoms with Crippen molar-refractivity contribution in [1.82, 2.24) is 19.9 Å². The molecule has 6 heteroatoms. The lowest BCUT2D eigenvalue weighted by molar-refractivity contribution is 0.0769. The number of piperidine rings is 1. The fraction of sp³-hybridized carbons (Fsp3) is 0.375. The first-order chi connectivity index (χ1) is 14.6. The van der Waals surface area contributed by atoms with Gasteiger partial charge in [-0.25, -0.2) is 0 Å². The Hall–Kier alpha value is -2.99. The van der Waals surface area contributed by atoms with Crippen LogP contribution in [0.15, 0.2) is 53.1 Å². The number of carbonyl (C=O) groups is 1. The predicted octanol–water partition coefficient (Wildman–Crippen LogP) is 4.30. The average molecular weight is 405 g/mol. The van der Waals surface area contributed by atoms with Crippen molar-refractivity contribution in [3.05, 3.63) is 71.1 Å². The lowest BCUT2D eigenvalue weighted by Gasteiger charge is -2.26. The van der Waals surface area contributed by atoms with E-state index in [0.29, 0.717) is 17.3 Å². The van der Waals surface area contributed by atoms with Crippen molar-refractivity contribution >= 4 is 5.91 Å². The van der Waals surface area contributed by atoms with E-state index in [1.807, 2.05) is 43.3 Å². The highest BCUT2D eigenvalue weighted by molar-refractivity contribution is 5.94. The second kappa shape index (κ2) is 9.22. The van der Waals surface area contributed by atoms with Crippen molar-refractivity contribution in [2.24, 2.45) is 0 Å². The maximum Gasteiger partial charge on any atom is 0.254 e. The summed E-state index contributed by atoms with van der Waals surface area (Å²) in [5.41, 5.74) is 3.95. The Kier molecular flexibility index (Phi) is 6.23. The minimum absolute atomic E-state index is 0.0603. The van der Waals surface area contributed by atoms with Crippen molar-refractivity contribution in [3.63, 3.8) is 0 Å². The number of nitrogens with zero attached hydrogens (tertiary/aromatic N) is 4. The number of aryl methyl sites for hydroxylation is 1. The Balaban J connectivity index is 1.36. The molecule has 1 saturated heterocycles. The molecule has 0 bridgehead atoms. The standard InChI is InChI=1S/C24H28N4O2/c1-18-7-6-8-21(15-18)23-25-22(30-26-23)17-27(2)24(29)20-11-9-19(10-12-20)16-28-13-4-3-5-14-28/h6-12,15H,3-5,13-14,16-17H2,1-2H3. The molecule has 2 aromatic carbocycles. The summed E-state index contributed by atoms with van der Waals surface area (Å²) in [7, 11) is 1.75. The largest absolute Gasteiger partial charge is 0.337 e.